The minimum atomic E-state index is -4.08. The van der Waals surface area contributed by atoms with E-state index < -0.39 is 19.6 Å². The first-order chi connectivity index (χ1) is 10.9. The molecule has 0 saturated heterocycles. The van der Waals surface area contributed by atoms with E-state index in [0.717, 1.165) is 16.7 Å². The van der Waals surface area contributed by atoms with Crippen molar-refractivity contribution in [2.24, 2.45) is 5.73 Å². The number of carbonyl (C=O) groups is 1. The first-order valence-electron chi connectivity index (χ1n) is 8.03. The topological polar surface area (TPSA) is 110 Å². The molecule has 0 fully saturated rings. The molecule has 0 saturated carbocycles. The summed E-state index contributed by atoms with van der Waals surface area (Å²) in [6.45, 7) is 8.21. The molecule has 0 aliphatic rings. The Morgan fingerprint density at radius 2 is 1.92 bits per heavy atom. The van der Waals surface area contributed by atoms with Crippen LogP contribution in [0.3, 0.4) is 0 Å². The molecule has 0 amide bonds. The molecule has 0 radical (unpaired) electrons. The molecule has 1 rings (SSSR count). The number of carbonyl (C=O) groups excluding carboxylic acids is 1. The molecule has 0 unspecified atom stereocenters. The molecule has 0 bridgehead atoms. The van der Waals surface area contributed by atoms with E-state index in [1.807, 2.05) is 18.2 Å². The zero-order valence-corrected chi connectivity index (χ0v) is 15.7. The van der Waals surface area contributed by atoms with Crippen LogP contribution in [0.5, 0.6) is 0 Å². The molecule has 1 atom stereocenters. The van der Waals surface area contributed by atoms with Crippen molar-refractivity contribution in [3.63, 3.8) is 0 Å². The minimum absolute atomic E-state index is 0.0788. The van der Waals surface area contributed by atoms with E-state index >= 15 is 0 Å². The summed E-state index contributed by atoms with van der Waals surface area (Å²) in [5, 5.41) is 0. The predicted octanol–water partition coefficient (Wildman–Crippen LogP) is 2.14. The smallest absolute Gasteiger partial charge is 0.325 e. The number of rotatable bonds is 7. The van der Waals surface area contributed by atoms with Crippen molar-refractivity contribution < 1.29 is 23.9 Å². The Kier molecular flexibility index (Phi) is 7.17. The lowest BCUT2D eigenvalue weighted by Gasteiger charge is -2.22. The Balaban J connectivity index is 3.10. The Morgan fingerprint density at radius 1 is 1.29 bits per heavy atom. The molecule has 0 aliphatic carbocycles. The number of hydrogen-bond acceptors (Lipinski definition) is 4. The lowest BCUT2D eigenvalue weighted by atomic mass is 9.84. The summed E-state index contributed by atoms with van der Waals surface area (Å²) in [5.41, 5.74) is 8.54. The summed E-state index contributed by atoms with van der Waals surface area (Å²) < 4.78 is 16.1. The van der Waals surface area contributed by atoms with Gasteiger partial charge in [0, 0.05) is 0 Å². The molecule has 1 aromatic carbocycles. The SMILES string of the molecule is CCOC(=O)[C@@H](N)Cc1cc(C(C)(C)C)ccc1CCP(=O)(O)O. The minimum Gasteiger partial charge on any atom is -0.465 e. The van der Waals surface area contributed by atoms with Gasteiger partial charge in [0.1, 0.15) is 6.04 Å². The second-order valence-corrected chi connectivity index (χ2v) is 8.71. The molecule has 7 heteroatoms. The normalized spacial score (nSPS) is 13.6. The molecule has 24 heavy (non-hydrogen) atoms. The molecule has 0 aromatic heterocycles. The summed E-state index contributed by atoms with van der Waals surface area (Å²) >= 11 is 0. The van der Waals surface area contributed by atoms with Gasteiger partial charge in [0.15, 0.2) is 0 Å². The third kappa shape index (κ3) is 6.73. The van der Waals surface area contributed by atoms with Crippen LogP contribution >= 0.6 is 7.60 Å². The molecular formula is C17H28NO5P. The summed E-state index contributed by atoms with van der Waals surface area (Å²) in [4.78, 5) is 30.0. The fourth-order valence-corrected chi connectivity index (χ4v) is 2.89. The molecule has 0 aliphatic heterocycles. The van der Waals surface area contributed by atoms with Crippen LogP contribution in [0.15, 0.2) is 18.2 Å². The second kappa shape index (κ2) is 8.26. The third-order valence-corrected chi connectivity index (χ3v) is 4.58. The van der Waals surface area contributed by atoms with Gasteiger partial charge in [-0.3, -0.25) is 9.36 Å². The van der Waals surface area contributed by atoms with Crippen molar-refractivity contribution in [1.82, 2.24) is 0 Å². The van der Waals surface area contributed by atoms with E-state index in [1.54, 1.807) is 6.92 Å². The number of nitrogens with two attached hydrogens (primary N) is 1. The van der Waals surface area contributed by atoms with Gasteiger partial charge in [0.25, 0.3) is 0 Å². The van der Waals surface area contributed by atoms with Crippen molar-refractivity contribution in [2.45, 2.75) is 52.0 Å². The largest absolute Gasteiger partial charge is 0.465 e. The van der Waals surface area contributed by atoms with Crippen LogP contribution in [0.2, 0.25) is 0 Å². The van der Waals surface area contributed by atoms with Crippen LogP contribution in [0.1, 0.15) is 44.4 Å². The van der Waals surface area contributed by atoms with Crippen molar-refractivity contribution in [2.75, 3.05) is 12.8 Å². The maximum Gasteiger partial charge on any atom is 0.325 e. The van der Waals surface area contributed by atoms with Crippen molar-refractivity contribution in [1.29, 1.82) is 0 Å². The number of ether oxygens (including phenoxy) is 1. The van der Waals surface area contributed by atoms with Crippen LogP contribution in [-0.2, 0) is 32.4 Å². The van der Waals surface area contributed by atoms with Gasteiger partial charge in [-0.1, -0.05) is 39.0 Å². The Labute approximate surface area is 143 Å². The summed E-state index contributed by atoms with van der Waals surface area (Å²) in [5.74, 6) is -0.473. The molecule has 0 spiro atoms. The maximum absolute atomic E-state index is 11.8. The first-order valence-corrected chi connectivity index (χ1v) is 9.83. The number of benzene rings is 1. The Morgan fingerprint density at radius 3 is 2.42 bits per heavy atom. The van der Waals surface area contributed by atoms with Gasteiger partial charge in [0.2, 0.25) is 0 Å². The highest BCUT2D eigenvalue weighted by atomic mass is 31.2. The molecule has 6 nitrogen and oxygen atoms in total. The summed E-state index contributed by atoms with van der Waals surface area (Å²) in [7, 11) is -4.08. The monoisotopic (exact) mass is 357 g/mol. The van der Waals surface area contributed by atoms with E-state index in [4.69, 9.17) is 20.3 Å². The van der Waals surface area contributed by atoms with E-state index in [-0.39, 0.29) is 31.0 Å². The van der Waals surface area contributed by atoms with E-state index in [1.165, 1.54) is 0 Å². The van der Waals surface area contributed by atoms with Crippen molar-refractivity contribution in [3.8, 4) is 0 Å². The fourth-order valence-electron chi connectivity index (χ4n) is 2.36. The van der Waals surface area contributed by atoms with Crippen LogP contribution < -0.4 is 5.73 Å². The third-order valence-electron chi connectivity index (χ3n) is 3.77. The summed E-state index contributed by atoms with van der Waals surface area (Å²) in [6.07, 6.45) is 0.280. The number of esters is 1. The highest BCUT2D eigenvalue weighted by molar-refractivity contribution is 7.51. The van der Waals surface area contributed by atoms with Crippen LogP contribution in [0.25, 0.3) is 0 Å². The maximum atomic E-state index is 11.8. The molecule has 0 heterocycles. The molecule has 136 valence electrons. The highest BCUT2D eigenvalue weighted by Crippen LogP contribution is 2.35. The quantitative estimate of drug-likeness (QED) is 0.509. The molecule has 1 aromatic rings. The van der Waals surface area contributed by atoms with Crippen LogP contribution in [0, 0.1) is 0 Å². The highest BCUT2D eigenvalue weighted by Gasteiger charge is 2.21. The Bertz CT molecular complexity index is 618. The number of hydrogen-bond donors (Lipinski definition) is 3. The average molecular weight is 357 g/mol. The van der Waals surface area contributed by atoms with Gasteiger partial charge >= 0.3 is 13.6 Å². The lowest BCUT2D eigenvalue weighted by Crippen LogP contribution is -2.34. The fraction of sp³-hybridized carbons (Fsp3) is 0.588. The lowest BCUT2D eigenvalue weighted by molar-refractivity contribution is -0.144. The van der Waals surface area contributed by atoms with E-state index in [9.17, 15) is 9.36 Å². The predicted molar refractivity (Wildman–Crippen MR) is 94.1 cm³/mol. The number of aryl methyl sites for hydroxylation is 1. The Hall–Kier alpha value is -1.20. The van der Waals surface area contributed by atoms with Gasteiger partial charge in [0.05, 0.1) is 12.8 Å². The van der Waals surface area contributed by atoms with Gasteiger partial charge in [-0.2, -0.15) is 0 Å². The van der Waals surface area contributed by atoms with Gasteiger partial charge in [-0.25, -0.2) is 0 Å². The van der Waals surface area contributed by atoms with Gasteiger partial charge in [-0.05, 0) is 41.9 Å². The average Bonchev–Trinajstić information content (AvgIpc) is 2.44. The van der Waals surface area contributed by atoms with Crippen LogP contribution in [-0.4, -0.2) is 34.6 Å². The zero-order valence-electron chi connectivity index (χ0n) is 14.8. The standard InChI is InChI=1S/C17H28NO5P/c1-5-23-16(19)15(18)11-13-10-14(17(2,3)4)7-6-12(13)8-9-24(20,21)22/h6-7,10,15H,5,8-9,11,18H2,1-4H3,(H2,20,21,22)/t15-/m0/s1. The second-order valence-electron chi connectivity index (χ2n) is 6.93. The molecule has 4 N–H and O–H groups in total. The first kappa shape index (κ1) is 20.8. The van der Waals surface area contributed by atoms with E-state index in [0.29, 0.717) is 0 Å². The van der Waals surface area contributed by atoms with Crippen LogP contribution in [0.4, 0.5) is 0 Å². The van der Waals surface area contributed by atoms with Gasteiger partial charge in [-0.15, -0.1) is 0 Å². The van der Waals surface area contributed by atoms with Crippen molar-refractivity contribution >= 4 is 13.6 Å². The van der Waals surface area contributed by atoms with E-state index in [2.05, 4.69) is 20.8 Å². The van der Waals surface area contributed by atoms with Crippen molar-refractivity contribution in [3.05, 3.63) is 34.9 Å². The zero-order chi connectivity index (χ0) is 18.5. The molecular weight excluding hydrogens is 329 g/mol. The van der Waals surface area contributed by atoms with Gasteiger partial charge < -0.3 is 20.3 Å². The summed E-state index contributed by atoms with van der Waals surface area (Å²) in [6, 6.07) is 4.99.